The fraction of sp³-hybridized carbons (Fsp3) is 0.753. The van der Waals surface area contributed by atoms with Crippen molar-refractivity contribution in [1.82, 2.24) is 0 Å². The minimum Gasteiger partial charge on any atom is -0.462 e. The number of rotatable bonds is 65. The van der Waals surface area contributed by atoms with E-state index in [1.165, 1.54) is 205 Å². The summed E-state index contributed by atoms with van der Waals surface area (Å²) in [6.45, 7) is 3.65. The Balaban J connectivity index is 3.87. The van der Waals surface area contributed by atoms with E-state index >= 15 is 0 Å². The van der Waals surface area contributed by atoms with Crippen molar-refractivity contribution < 1.29 is 37.6 Å². The van der Waals surface area contributed by atoms with E-state index in [9.17, 15) is 19.0 Å². The van der Waals surface area contributed by atoms with Crippen LogP contribution >= 0.6 is 7.82 Å². The van der Waals surface area contributed by atoms with Gasteiger partial charge in [0.25, 0.3) is 0 Å². The van der Waals surface area contributed by atoms with Crippen LogP contribution in [-0.4, -0.2) is 49.3 Å². The lowest BCUT2D eigenvalue weighted by Crippen LogP contribution is -2.29. The van der Waals surface area contributed by atoms with Crippen LogP contribution in [0.3, 0.4) is 0 Å². The number of nitrogens with two attached hydrogens (primary N) is 1. The molecule has 0 saturated carbocycles. The Kier molecular flexibility index (Phi) is 65.5. The molecule has 0 aliphatic carbocycles. The average Bonchev–Trinajstić information content (AvgIpc) is 3.48. The van der Waals surface area contributed by atoms with Crippen molar-refractivity contribution in [2.45, 2.75) is 328 Å². The summed E-state index contributed by atoms with van der Waals surface area (Å²) in [6, 6.07) is 0. The van der Waals surface area contributed by atoms with Crippen LogP contribution in [0.4, 0.5) is 0 Å². The van der Waals surface area contributed by atoms with Crippen molar-refractivity contribution in [1.29, 1.82) is 0 Å². The summed E-state index contributed by atoms with van der Waals surface area (Å²) >= 11 is 0. The molecule has 0 amide bonds. The molecule has 83 heavy (non-hydrogen) atoms. The Bertz CT molecular complexity index is 1680. The number of unbranched alkanes of at least 4 members (excludes halogenated alkanes) is 36. The molecule has 0 saturated heterocycles. The van der Waals surface area contributed by atoms with Crippen LogP contribution in [0.5, 0.6) is 0 Å². The summed E-state index contributed by atoms with van der Waals surface area (Å²) in [5, 5.41) is 0. The van der Waals surface area contributed by atoms with Gasteiger partial charge in [-0.05, 0) is 96.3 Å². The zero-order chi connectivity index (χ0) is 60.1. The molecular formula is C73H130NO8P. The summed E-state index contributed by atoms with van der Waals surface area (Å²) in [5.74, 6) is -0.820. The van der Waals surface area contributed by atoms with Crippen LogP contribution in [0.2, 0.25) is 0 Å². The van der Waals surface area contributed by atoms with Gasteiger partial charge in [0.1, 0.15) is 6.61 Å². The Hall–Kier alpha value is -3.07. The summed E-state index contributed by atoms with van der Waals surface area (Å²) in [7, 11) is -4.40. The normalized spacial score (nSPS) is 13.5. The molecule has 0 aromatic carbocycles. The molecule has 0 aromatic rings. The first kappa shape index (κ1) is 79.9. The third kappa shape index (κ3) is 67.9. The number of phosphoric ester groups is 1. The van der Waals surface area contributed by atoms with E-state index in [0.717, 1.165) is 83.5 Å². The maximum atomic E-state index is 12.8. The molecule has 0 aliphatic rings. The molecule has 10 heteroatoms. The fourth-order valence-electron chi connectivity index (χ4n) is 9.85. The topological polar surface area (TPSA) is 134 Å². The number of phosphoric acid groups is 1. The molecule has 0 aliphatic heterocycles. The lowest BCUT2D eigenvalue weighted by molar-refractivity contribution is -0.161. The van der Waals surface area contributed by atoms with E-state index in [4.69, 9.17) is 24.3 Å². The molecule has 0 heterocycles. The van der Waals surface area contributed by atoms with Gasteiger partial charge >= 0.3 is 19.8 Å². The van der Waals surface area contributed by atoms with Gasteiger partial charge in [0, 0.05) is 19.4 Å². The van der Waals surface area contributed by atoms with Crippen molar-refractivity contribution >= 4 is 19.8 Å². The summed E-state index contributed by atoms with van der Waals surface area (Å²) in [6.07, 6.45) is 92.1. The van der Waals surface area contributed by atoms with E-state index in [1.807, 2.05) is 0 Å². The van der Waals surface area contributed by atoms with Gasteiger partial charge in [-0.3, -0.25) is 18.6 Å². The van der Waals surface area contributed by atoms with Gasteiger partial charge < -0.3 is 20.1 Å². The molecule has 9 nitrogen and oxygen atoms in total. The third-order valence-electron chi connectivity index (χ3n) is 15.0. The SMILES string of the molecule is CC/C=C\C/C=C\C/C=C\C/C=C\C/C=C\CCCCCCCCCCCCCCCCCCCCCC(=O)OC(COC(=O)CCCCCCCCCCCCCC/C=C\C/C=C\C/C=C\CCCCCCC)COP(=O)(O)OCCN. The van der Waals surface area contributed by atoms with Crippen LogP contribution in [0.25, 0.3) is 0 Å². The molecule has 2 unspecified atom stereocenters. The molecule has 480 valence electrons. The first-order valence-corrected chi connectivity index (χ1v) is 36.2. The smallest absolute Gasteiger partial charge is 0.462 e. The first-order valence-electron chi connectivity index (χ1n) is 34.7. The lowest BCUT2D eigenvalue weighted by atomic mass is 10.0. The number of allylic oxidation sites excluding steroid dienone is 16. The number of carbonyl (C=O) groups excluding carboxylic acids is 2. The number of ether oxygens (including phenoxy) is 2. The highest BCUT2D eigenvalue weighted by Gasteiger charge is 2.26. The molecule has 0 spiro atoms. The largest absolute Gasteiger partial charge is 0.472 e. The Morgan fingerprint density at radius 1 is 0.373 bits per heavy atom. The van der Waals surface area contributed by atoms with Crippen LogP contribution in [0, 0.1) is 0 Å². The third-order valence-corrected chi connectivity index (χ3v) is 15.9. The van der Waals surface area contributed by atoms with Crippen molar-refractivity contribution in [3.05, 3.63) is 97.2 Å². The van der Waals surface area contributed by atoms with Crippen LogP contribution in [0.1, 0.15) is 322 Å². The molecule has 0 aromatic heterocycles. The number of hydrogen-bond acceptors (Lipinski definition) is 8. The van der Waals surface area contributed by atoms with Crippen molar-refractivity contribution in [2.24, 2.45) is 5.73 Å². The Morgan fingerprint density at radius 3 is 0.988 bits per heavy atom. The first-order chi connectivity index (χ1) is 40.8. The van der Waals surface area contributed by atoms with E-state index in [2.05, 4.69) is 111 Å². The second-order valence-corrected chi connectivity index (χ2v) is 24.5. The molecular weight excluding hydrogens is 1050 g/mol. The van der Waals surface area contributed by atoms with Gasteiger partial charge in [-0.15, -0.1) is 0 Å². The molecule has 3 N–H and O–H groups in total. The highest BCUT2D eigenvalue weighted by Crippen LogP contribution is 2.43. The van der Waals surface area contributed by atoms with E-state index in [0.29, 0.717) is 6.42 Å². The van der Waals surface area contributed by atoms with Gasteiger partial charge in [-0.1, -0.05) is 310 Å². The zero-order valence-corrected chi connectivity index (χ0v) is 54.8. The Morgan fingerprint density at radius 2 is 0.663 bits per heavy atom. The van der Waals surface area contributed by atoms with Gasteiger partial charge in [0.2, 0.25) is 0 Å². The van der Waals surface area contributed by atoms with E-state index in [1.54, 1.807) is 0 Å². The minimum absolute atomic E-state index is 0.0514. The van der Waals surface area contributed by atoms with Gasteiger partial charge in [-0.2, -0.15) is 0 Å². The number of carbonyl (C=O) groups is 2. The van der Waals surface area contributed by atoms with Crippen molar-refractivity contribution in [2.75, 3.05) is 26.4 Å². The lowest BCUT2D eigenvalue weighted by Gasteiger charge is -2.19. The van der Waals surface area contributed by atoms with E-state index in [-0.39, 0.29) is 38.6 Å². The quantitative estimate of drug-likeness (QED) is 0.0264. The summed E-state index contributed by atoms with van der Waals surface area (Å²) < 4.78 is 33.2. The molecule has 0 fully saturated rings. The molecule has 0 radical (unpaired) electrons. The molecule has 0 bridgehead atoms. The second-order valence-electron chi connectivity index (χ2n) is 23.0. The van der Waals surface area contributed by atoms with Crippen LogP contribution < -0.4 is 5.73 Å². The maximum Gasteiger partial charge on any atom is 0.472 e. The van der Waals surface area contributed by atoms with Gasteiger partial charge in [0.15, 0.2) is 6.10 Å². The Labute approximate surface area is 512 Å². The monoisotopic (exact) mass is 1180 g/mol. The van der Waals surface area contributed by atoms with Gasteiger partial charge in [-0.25, -0.2) is 4.57 Å². The zero-order valence-electron chi connectivity index (χ0n) is 53.9. The standard InChI is InChI=1S/C73H130NO8P/c1-3-5-7-9-11-13-15-17-19-21-23-25-27-29-31-32-33-34-35-36-37-38-40-42-44-46-48-50-52-54-56-58-60-62-64-66-73(76)82-71(70-81-83(77,78)80-68-67-74)69-79-72(75)65-63-61-59-57-55-53-51-49-47-45-43-41-39-30-28-26-24-22-20-18-16-14-12-10-8-6-4-2/h5,7,11,13,16-19,22-25,28-31,71H,3-4,6,8-10,12,14-15,20-21,26-27,32-70,74H2,1-2H3,(H,77,78)/b7-5-,13-11-,18-16-,19-17-,24-22-,25-23-,30-28-,31-29-. The highest BCUT2D eigenvalue weighted by molar-refractivity contribution is 7.47. The number of hydrogen-bond donors (Lipinski definition) is 2. The van der Waals surface area contributed by atoms with Crippen LogP contribution in [0.15, 0.2) is 97.2 Å². The van der Waals surface area contributed by atoms with Crippen molar-refractivity contribution in [3.63, 3.8) is 0 Å². The molecule has 0 rings (SSSR count). The van der Waals surface area contributed by atoms with Crippen LogP contribution in [-0.2, 0) is 32.7 Å². The second kappa shape index (κ2) is 68.0. The summed E-state index contributed by atoms with van der Waals surface area (Å²) in [4.78, 5) is 35.4. The highest BCUT2D eigenvalue weighted by atomic mass is 31.2. The fourth-order valence-corrected chi connectivity index (χ4v) is 10.6. The maximum absolute atomic E-state index is 12.8. The molecule has 2 atom stereocenters. The summed E-state index contributed by atoms with van der Waals surface area (Å²) in [5.41, 5.74) is 5.40. The van der Waals surface area contributed by atoms with Crippen molar-refractivity contribution in [3.8, 4) is 0 Å². The van der Waals surface area contributed by atoms with E-state index < -0.39 is 26.5 Å². The average molecular weight is 1180 g/mol. The predicted molar refractivity (Wildman–Crippen MR) is 358 cm³/mol. The number of esters is 2. The minimum atomic E-state index is -4.40. The van der Waals surface area contributed by atoms with Gasteiger partial charge in [0.05, 0.1) is 13.2 Å². The predicted octanol–water partition coefficient (Wildman–Crippen LogP) is 22.7.